The van der Waals surface area contributed by atoms with Crippen LogP contribution in [0, 0.1) is 6.92 Å². The lowest BCUT2D eigenvalue weighted by Crippen LogP contribution is -2.23. The molecule has 0 fully saturated rings. The Hall–Kier alpha value is -2.34. The van der Waals surface area contributed by atoms with Gasteiger partial charge in [-0.15, -0.1) is 0 Å². The number of hydrogen-bond donors (Lipinski definition) is 2. The first kappa shape index (κ1) is 16.0. The molecular weight excluding hydrogens is 282 g/mol. The second-order valence-electron chi connectivity index (χ2n) is 4.97. The Labute approximate surface area is 129 Å². The molecule has 0 radical (unpaired) electrons. The molecule has 0 aliphatic rings. The van der Waals surface area contributed by atoms with Gasteiger partial charge in [-0.3, -0.25) is 4.79 Å². The van der Waals surface area contributed by atoms with Crippen LogP contribution in [0.5, 0.6) is 5.75 Å². The van der Waals surface area contributed by atoms with E-state index in [9.17, 15) is 4.79 Å². The van der Waals surface area contributed by atoms with Gasteiger partial charge in [-0.25, -0.2) is 0 Å². The molecule has 0 atom stereocenters. The number of anilines is 1. The number of benzene rings is 1. The van der Waals surface area contributed by atoms with Crippen molar-refractivity contribution >= 4 is 11.7 Å². The minimum Gasteiger partial charge on any atom is -0.497 e. The number of aryl methyl sites for hydroxylation is 1. The molecule has 0 unspecified atom stereocenters. The molecule has 0 bridgehead atoms. The van der Waals surface area contributed by atoms with Crippen LogP contribution in [0.3, 0.4) is 0 Å². The Morgan fingerprint density at radius 3 is 2.91 bits per heavy atom. The largest absolute Gasteiger partial charge is 0.497 e. The molecule has 1 aromatic heterocycles. The SMILES string of the molecule is COc1cccc(CCNCCC(=O)Nc2cc(C)on2)c1. The molecule has 0 aliphatic carbocycles. The monoisotopic (exact) mass is 303 g/mol. The first-order valence-corrected chi connectivity index (χ1v) is 7.24. The molecule has 0 saturated heterocycles. The Morgan fingerprint density at radius 2 is 2.18 bits per heavy atom. The highest BCUT2D eigenvalue weighted by Gasteiger charge is 2.05. The summed E-state index contributed by atoms with van der Waals surface area (Å²) in [6, 6.07) is 9.66. The van der Waals surface area contributed by atoms with Gasteiger partial charge in [0.25, 0.3) is 0 Å². The summed E-state index contributed by atoms with van der Waals surface area (Å²) in [7, 11) is 1.66. The lowest BCUT2D eigenvalue weighted by molar-refractivity contribution is -0.116. The maximum Gasteiger partial charge on any atom is 0.226 e. The van der Waals surface area contributed by atoms with E-state index in [1.54, 1.807) is 20.1 Å². The van der Waals surface area contributed by atoms with Crippen molar-refractivity contribution < 1.29 is 14.1 Å². The molecule has 1 heterocycles. The number of methoxy groups -OCH3 is 1. The molecule has 6 nitrogen and oxygen atoms in total. The standard InChI is InChI=1S/C16H21N3O3/c1-12-10-15(19-22-12)18-16(20)7-9-17-8-6-13-4-3-5-14(11-13)21-2/h3-5,10-11,17H,6-9H2,1-2H3,(H,18,19,20). The van der Waals surface area contributed by atoms with Crippen molar-refractivity contribution in [2.75, 3.05) is 25.5 Å². The molecule has 0 saturated carbocycles. The van der Waals surface area contributed by atoms with Crippen molar-refractivity contribution in [1.29, 1.82) is 0 Å². The van der Waals surface area contributed by atoms with Crippen LogP contribution in [-0.2, 0) is 11.2 Å². The van der Waals surface area contributed by atoms with Gasteiger partial charge in [0.2, 0.25) is 5.91 Å². The van der Waals surface area contributed by atoms with Crippen molar-refractivity contribution in [1.82, 2.24) is 10.5 Å². The fourth-order valence-electron chi connectivity index (χ4n) is 2.02. The third-order valence-electron chi connectivity index (χ3n) is 3.15. The van der Waals surface area contributed by atoms with E-state index in [1.165, 1.54) is 5.56 Å². The number of amides is 1. The molecule has 0 spiro atoms. The number of aromatic nitrogens is 1. The summed E-state index contributed by atoms with van der Waals surface area (Å²) in [6.45, 7) is 3.21. The first-order chi connectivity index (χ1) is 10.7. The van der Waals surface area contributed by atoms with Crippen LogP contribution in [-0.4, -0.2) is 31.3 Å². The van der Waals surface area contributed by atoms with E-state index in [2.05, 4.69) is 21.9 Å². The van der Waals surface area contributed by atoms with Gasteiger partial charge in [0, 0.05) is 19.0 Å². The summed E-state index contributed by atoms with van der Waals surface area (Å²) in [5.41, 5.74) is 1.20. The molecule has 2 rings (SSSR count). The third-order valence-corrected chi connectivity index (χ3v) is 3.15. The highest BCUT2D eigenvalue weighted by atomic mass is 16.5. The number of hydrogen-bond acceptors (Lipinski definition) is 5. The van der Waals surface area contributed by atoms with Gasteiger partial charge in [-0.1, -0.05) is 17.3 Å². The number of rotatable bonds is 8. The van der Waals surface area contributed by atoms with Crippen LogP contribution >= 0.6 is 0 Å². The van der Waals surface area contributed by atoms with E-state index in [0.29, 0.717) is 24.5 Å². The smallest absolute Gasteiger partial charge is 0.226 e. The second kappa shape index (κ2) is 8.19. The number of carbonyl (C=O) groups is 1. The Kier molecular flexibility index (Phi) is 5.97. The van der Waals surface area contributed by atoms with Crippen LogP contribution < -0.4 is 15.4 Å². The number of nitrogens with zero attached hydrogens (tertiary/aromatic N) is 1. The molecule has 118 valence electrons. The zero-order valence-electron chi connectivity index (χ0n) is 12.9. The van der Waals surface area contributed by atoms with Crippen LogP contribution in [0.15, 0.2) is 34.9 Å². The summed E-state index contributed by atoms with van der Waals surface area (Å²) < 4.78 is 10.1. The fourth-order valence-corrected chi connectivity index (χ4v) is 2.02. The minimum absolute atomic E-state index is 0.0813. The molecule has 1 amide bonds. The van der Waals surface area contributed by atoms with E-state index in [1.807, 2.05) is 18.2 Å². The number of nitrogens with one attached hydrogen (secondary N) is 2. The lowest BCUT2D eigenvalue weighted by atomic mass is 10.1. The molecule has 0 aliphatic heterocycles. The van der Waals surface area contributed by atoms with Gasteiger partial charge >= 0.3 is 0 Å². The van der Waals surface area contributed by atoms with E-state index in [0.717, 1.165) is 18.7 Å². The summed E-state index contributed by atoms with van der Waals surface area (Å²) >= 11 is 0. The van der Waals surface area contributed by atoms with Gasteiger partial charge in [-0.05, 0) is 37.6 Å². The normalized spacial score (nSPS) is 10.5. The predicted molar refractivity (Wildman–Crippen MR) is 84.1 cm³/mol. The van der Waals surface area contributed by atoms with E-state index in [4.69, 9.17) is 9.26 Å². The lowest BCUT2D eigenvalue weighted by Gasteiger charge is -2.06. The van der Waals surface area contributed by atoms with Crippen LogP contribution in [0.1, 0.15) is 17.7 Å². The first-order valence-electron chi connectivity index (χ1n) is 7.24. The van der Waals surface area contributed by atoms with Crippen molar-refractivity contribution in [3.05, 3.63) is 41.7 Å². The van der Waals surface area contributed by atoms with Crippen molar-refractivity contribution in [3.8, 4) is 5.75 Å². The Morgan fingerprint density at radius 1 is 1.32 bits per heavy atom. The highest BCUT2D eigenvalue weighted by Crippen LogP contribution is 2.12. The zero-order valence-corrected chi connectivity index (χ0v) is 12.9. The number of carbonyl (C=O) groups excluding carboxylic acids is 1. The molecular formula is C16H21N3O3. The average molecular weight is 303 g/mol. The third kappa shape index (κ3) is 5.21. The zero-order chi connectivity index (χ0) is 15.8. The summed E-state index contributed by atoms with van der Waals surface area (Å²) in [6.07, 6.45) is 1.28. The van der Waals surface area contributed by atoms with Crippen LogP contribution in [0.25, 0.3) is 0 Å². The van der Waals surface area contributed by atoms with Crippen LogP contribution in [0.4, 0.5) is 5.82 Å². The van der Waals surface area contributed by atoms with Crippen molar-refractivity contribution in [2.24, 2.45) is 0 Å². The number of ether oxygens (including phenoxy) is 1. The van der Waals surface area contributed by atoms with E-state index in [-0.39, 0.29) is 5.91 Å². The fraction of sp³-hybridized carbons (Fsp3) is 0.375. The topological polar surface area (TPSA) is 76.4 Å². The van der Waals surface area contributed by atoms with Gasteiger partial charge in [0.15, 0.2) is 5.82 Å². The van der Waals surface area contributed by atoms with Crippen molar-refractivity contribution in [2.45, 2.75) is 19.8 Å². The average Bonchev–Trinajstić information content (AvgIpc) is 2.92. The minimum atomic E-state index is -0.0813. The van der Waals surface area contributed by atoms with Gasteiger partial charge in [0.05, 0.1) is 7.11 Å². The molecule has 2 aromatic rings. The summed E-state index contributed by atoms with van der Waals surface area (Å²) in [5.74, 6) is 1.91. The maximum atomic E-state index is 11.7. The molecule has 6 heteroatoms. The van der Waals surface area contributed by atoms with Gasteiger partial charge in [-0.2, -0.15) is 0 Å². The van der Waals surface area contributed by atoms with E-state index >= 15 is 0 Å². The summed E-state index contributed by atoms with van der Waals surface area (Å²) in [4.78, 5) is 11.7. The van der Waals surface area contributed by atoms with E-state index < -0.39 is 0 Å². The molecule has 1 aromatic carbocycles. The Bertz CT molecular complexity index is 610. The van der Waals surface area contributed by atoms with Crippen molar-refractivity contribution in [3.63, 3.8) is 0 Å². The molecule has 2 N–H and O–H groups in total. The quantitative estimate of drug-likeness (QED) is 0.731. The predicted octanol–water partition coefficient (Wildman–Crippen LogP) is 2.15. The maximum absolute atomic E-state index is 11.7. The molecule has 22 heavy (non-hydrogen) atoms. The van der Waals surface area contributed by atoms with Gasteiger partial charge in [0.1, 0.15) is 11.5 Å². The second-order valence-corrected chi connectivity index (χ2v) is 4.97. The van der Waals surface area contributed by atoms with Gasteiger partial charge < -0.3 is 19.9 Å². The highest BCUT2D eigenvalue weighted by molar-refractivity contribution is 5.89. The summed E-state index contributed by atoms with van der Waals surface area (Å²) in [5, 5.41) is 9.65. The van der Waals surface area contributed by atoms with Crippen LogP contribution in [0.2, 0.25) is 0 Å². The Balaban J connectivity index is 1.61.